The van der Waals surface area contributed by atoms with Crippen molar-refractivity contribution in [2.75, 3.05) is 13.1 Å². The molecule has 0 bridgehead atoms. The van der Waals surface area contributed by atoms with E-state index in [4.69, 9.17) is 9.47 Å². The summed E-state index contributed by atoms with van der Waals surface area (Å²) in [5.41, 5.74) is 0. The van der Waals surface area contributed by atoms with Crippen molar-refractivity contribution in [3.63, 3.8) is 0 Å². The van der Waals surface area contributed by atoms with Crippen LogP contribution in [0.1, 0.15) is 32.6 Å². The molecule has 1 aromatic rings. The summed E-state index contributed by atoms with van der Waals surface area (Å²) in [6, 6.07) is 8.10. The molecule has 0 radical (unpaired) electrons. The van der Waals surface area contributed by atoms with Gasteiger partial charge < -0.3 is 14.8 Å². The van der Waals surface area contributed by atoms with Gasteiger partial charge in [0.2, 0.25) is 0 Å². The lowest BCUT2D eigenvalue weighted by Gasteiger charge is -2.22. The summed E-state index contributed by atoms with van der Waals surface area (Å²) < 4.78 is 11.9. The van der Waals surface area contributed by atoms with Crippen LogP contribution < -0.4 is 14.8 Å². The van der Waals surface area contributed by atoms with Crippen LogP contribution in [0.25, 0.3) is 0 Å². The number of benzene rings is 1. The molecule has 1 aliphatic heterocycles. The lowest BCUT2D eigenvalue weighted by Crippen LogP contribution is -2.29. The van der Waals surface area contributed by atoms with Gasteiger partial charge in [0, 0.05) is 12.5 Å². The van der Waals surface area contributed by atoms with Crippen molar-refractivity contribution in [1.82, 2.24) is 5.32 Å². The van der Waals surface area contributed by atoms with Crippen molar-refractivity contribution in [2.45, 2.75) is 44.8 Å². The smallest absolute Gasteiger partial charge is 0.120 e. The highest BCUT2D eigenvalue weighted by atomic mass is 16.5. The molecule has 1 aromatic carbocycles. The minimum absolute atomic E-state index is 0.324. The van der Waals surface area contributed by atoms with Crippen LogP contribution in [-0.4, -0.2) is 25.3 Å². The van der Waals surface area contributed by atoms with E-state index in [0.717, 1.165) is 31.0 Å². The molecule has 0 spiro atoms. The molecule has 1 heterocycles. The van der Waals surface area contributed by atoms with E-state index in [1.807, 2.05) is 24.3 Å². The highest BCUT2D eigenvalue weighted by Crippen LogP contribution is 2.28. The number of nitrogens with one attached hydrogen (secondary N) is 1. The van der Waals surface area contributed by atoms with Crippen LogP contribution in [0.4, 0.5) is 0 Å². The third kappa shape index (κ3) is 3.63. The molecule has 0 aromatic heterocycles. The second-order valence-corrected chi connectivity index (χ2v) is 5.77. The average molecular weight is 261 g/mol. The van der Waals surface area contributed by atoms with E-state index in [1.54, 1.807) is 0 Å². The number of rotatable bonds is 4. The fraction of sp³-hybridized carbons (Fsp3) is 0.625. The SMILES string of the molecule is CC1CNCCCC1Oc1ccc(OC2CC2)cc1. The van der Waals surface area contributed by atoms with Crippen molar-refractivity contribution in [1.29, 1.82) is 0 Å². The Labute approximate surface area is 115 Å². The Hall–Kier alpha value is -1.22. The van der Waals surface area contributed by atoms with E-state index in [1.165, 1.54) is 19.3 Å². The molecule has 0 amide bonds. The Bertz CT molecular complexity index is 400. The quantitative estimate of drug-likeness (QED) is 0.904. The minimum atomic E-state index is 0.324. The monoisotopic (exact) mass is 261 g/mol. The second-order valence-electron chi connectivity index (χ2n) is 5.77. The van der Waals surface area contributed by atoms with Crippen LogP contribution in [0.2, 0.25) is 0 Å². The van der Waals surface area contributed by atoms with Gasteiger partial charge in [-0.2, -0.15) is 0 Å². The first-order valence-electron chi connectivity index (χ1n) is 7.45. The number of hydrogen-bond acceptors (Lipinski definition) is 3. The van der Waals surface area contributed by atoms with Crippen LogP contribution in [-0.2, 0) is 0 Å². The van der Waals surface area contributed by atoms with Gasteiger partial charge in [-0.15, -0.1) is 0 Å². The lowest BCUT2D eigenvalue weighted by molar-refractivity contribution is 0.141. The molecule has 2 atom stereocenters. The maximum Gasteiger partial charge on any atom is 0.120 e. The van der Waals surface area contributed by atoms with Gasteiger partial charge in [-0.1, -0.05) is 6.92 Å². The van der Waals surface area contributed by atoms with Crippen LogP contribution in [0.15, 0.2) is 24.3 Å². The maximum atomic E-state index is 6.13. The first-order chi connectivity index (χ1) is 9.31. The molecule has 19 heavy (non-hydrogen) atoms. The fourth-order valence-corrected chi connectivity index (χ4v) is 2.50. The van der Waals surface area contributed by atoms with Crippen molar-refractivity contribution in [2.24, 2.45) is 5.92 Å². The van der Waals surface area contributed by atoms with Crippen LogP contribution in [0.5, 0.6) is 11.5 Å². The Balaban J connectivity index is 1.58. The fourth-order valence-electron chi connectivity index (χ4n) is 2.50. The van der Waals surface area contributed by atoms with E-state index in [-0.39, 0.29) is 0 Å². The summed E-state index contributed by atoms with van der Waals surface area (Å²) in [4.78, 5) is 0. The molecule has 3 heteroatoms. The standard InChI is InChI=1S/C16H23NO2/c1-12-11-17-10-2-3-16(12)19-15-8-6-14(7-9-15)18-13-4-5-13/h6-9,12-13,16-17H,2-5,10-11H2,1H3. The van der Waals surface area contributed by atoms with E-state index in [2.05, 4.69) is 12.2 Å². The van der Waals surface area contributed by atoms with Gasteiger partial charge in [-0.3, -0.25) is 0 Å². The molecule has 1 saturated carbocycles. The Kier molecular flexibility index (Phi) is 3.92. The van der Waals surface area contributed by atoms with Crippen LogP contribution in [0, 0.1) is 5.92 Å². The van der Waals surface area contributed by atoms with Crippen molar-refractivity contribution in [3.8, 4) is 11.5 Å². The largest absolute Gasteiger partial charge is 0.490 e. The summed E-state index contributed by atoms with van der Waals surface area (Å²) in [6.07, 6.45) is 5.51. The summed E-state index contributed by atoms with van der Waals surface area (Å²) in [5, 5.41) is 3.45. The Morgan fingerprint density at radius 2 is 1.68 bits per heavy atom. The van der Waals surface area contributed by atoms with E-state index < -0.39 is 0 Å². The Morgan fingerprint density at radius 1 is 1.00 bits per heavy atom. The molecule has 1 saturated heterocycles. The zero-order valence-electron chi connectivity index (χ0n) is 11.6. The zero-order chi connectivity index (χ0) is 13.1. The molecule has 3 nitrogen and oxygen atoms in total. The molecule has 2 fully saturated rings. The number of ether oxygens (including phenoxy) is 2. The number of hydrogen-bond donors (Lipinski definition) is 1. The van der Waals surface area contributed by atoms with Gasteiger partial charge in [0.1, 0.15) is 17.6 Å². The van der Waals surface area contributed by atoms with Gasteiger partial charge in [0.15, 0.2) is 0 Å². The van der Waals surface area contributed by atoms with Crippen molar-refractivity contribution < 1.29 is 9.47 Å². The van der Waals surface area contributed by atoms with Crippen molar-refractivity contribution in [3.05, 3.63) is 24.3 Å². The van der Waals surface area contributed by atoms with Gasteiger partial charge >= 0.3 is 0 Å². The third-order valence-electron chi connectivity index (χ3n) is 3.88. The molecule has 1 N–H and O–H groups in total. The zero-order valence-corrected chi connectivity index (χ0v) is 11.6. The summed E-state index contributed by atoms with van der Waals surface area (Å²) in [7, 11) is 0. The topological polar surface area (TPSA) is 30.5 Å². The highest BCUT2D eigenvalue weighted by Gasteiger charge is 2.24. The summed E-state index contributed by atoms with van der Waals surface area (Å²) in [6.45, 7) is 4.42. The van der Waals surface area contributed by atoms with E-state index in [0.29, 0.717) is 18.1 Å². The normalized spacial score (nSPS) is 27.6. The van der Waals surface area contributed by atoms with Gasteiger partial charge in [-0.25, -0.2) is 0 Å². The minimum Gasteiger partial charge on any atom is -0.490 e. The molecule has 2 unspecified atom stereocenters. The molecular weight excluding hydrogens is 238 g/mol. The average Bonchev–Trinajstić information content (AvgIpc) is 3.23. The first-order valence-corrected chi connectivity index (χ1v) is 7.45. The predicted octanol–water partition coefficient (Wildman–Crippen LogP) is 2.99. The van der Waals surface area contributed by atoms with E-state index >= 15 is 0 Å². The molecule has 2 aliphatic rings. The van der Waals surface area contributed by atoms with Gasteiger partial charge in [0.25, 0.3) is 0 Å². The van der Waals surface area contributed by atoms with Crippen molar-refractivity contribution >= 4 is 0 Å². The molecule has 1 aliphatic carbocycles. The Morgan fingerprint density at radius 3 is 2.37 bits per heavy atom. The van der Waals surface area contributed by atoms with Gasteiger partial charge in [-0.05, 0) is 56.5 Å². The van der Waals surface area contributed by atoms with Crippen LogP contribution >= 0.6 is 0 Å². The van der Waals surface area contributed by atoms with Crippen LogP contribution in [0.3, 0.4) is 0 Å². The second kappa shape index (κ2) is 5.83. The van der Waals surface area contributed by atoms with E-state index in [9.17, 15) is 0 Å². The predicted molar refractivity (Wildman–Crippen MR) is 75.8 cm³/mol. The highest BCUT2D eigenvalue weighted by molar-refractivity contribution is 5.31. The maximum absolute atomic E-state index is 6.13. The summed E-state index contributed by atoms with van der Waals surface area (Å²) in [5.74, 6) is 2.48. The molecule has 3 rings (SSSR count). The molecule has 104 valence electrons. The first kappa shape index (κ1) is 12.8. The molecular formula is C16H23NO2. The third-order valence-corrected chi connectivity index (χ3v) is 3.88. The van der Waals surface area contributed by atoms with Gasteiger partial charge in [0.05, 0.1) is 6.10 Å². The summed E-state index contributed by atoms with van der Waals surface area (Å²) >= 11 is 0. The lowest BCUT2D eigenvalue weighted by atomic mass is 10.0.